The van der Waals surface area contributed by atoms with Crippen LogP contribution in [0.2, 0.25) is 0 Å². The van der Waals surface area contributed by atoms with Crippen LogP contribution >= 0.6 is 0 Å². The molecular formula is C11H13F3O2. The van der Waals surface area contributed by atoms with E-state index in [0.717, 1.165) is 5.56 Å². The summed E-state index contributed by atoms with van der Waals surface area (Å²) in [6.45, 7) is 1.83. The Morgan fingerprint density at radius 1 is 1.12 bits per heavy atom. The van der Waals surface area contributed by atoms with E-state index in [0.29, 0.717) is 5.56 Å². The molecule has 1 aromatic rings. The van der Waals surface area contributed by atoms with Crippen LogP contribution < -0.4 is 0 Å². The van der Waals surface area contributed by atoms with Crippen molar-refractivity contribution >= 4 is 0 Å². The van der Waals surface area contributed by atoms with Gasteiger partial charge in [-0.05, 0) is 12.5 Å². The number of aliphatic hydroxyl groups is 2. The van der Waals surface area contributed by atoms with Gasteiger partial charge in [-0.25, -0.2) is 0 Å². The van der Waals surface area contributed by atoms with E-state index in [2.05, 4.69) is 0 Å². The summed E-state index contributed by atoms with van der Waals surface area (Å²) < 4.78 is 36.1. The first-order chi connectivity index (χ1) is 7.30. The molecule has 0 aromatic heterocycles. The summed E-state index contributed by atoms with van der Waals surface area (Å²) in [7, 11) is 0. The lowest BCUT2D eigenvalue weighted by molar-refractivity contribution is -0.211. The number of halogens is 3. The molecule has 0 amide bonds. The first-order valence-electron chi connectivity index (χ1n) is 4.80. The standard InChI is InChI=1S/C11H13F3O2/c1-7-2-4-8(5-3-7)9(15)6-10(16)11(12,13)14/h2-5,9-10,15-16H,6H2,1H3. The number of rotatable bonds is 3. The first-order valence-corrected chi connectivity index (χ1v) is 4.80. The number of hydrogen-bond acceptors (Lipinski definition) is 2. The maximum absolute atomic E-state index is 12.0. The maximum atomic E-state index is 12.0. The second kappa shape index (κ2) is 4.84. The van der Waals surface area contributed by atoms with Gasteiger partial charge in [0.15, 0.2) is 6.10 Å². The van der Waals surface area contributed by atoms with Gasteiger partial charge in [0.25, 0.3) is 0 Å². The SMILES string of the molecule is Cc1ccc(C(O)CC(O)C(F)(F)F)cc1. The van der Waals surface area contributed by atoms with Gasteiger partial charge in [0.1, 0.15) is 0 Å². The first kappa shape index (κ1) is 13.0. The lowest BCUT2D eigenvalue weighted by atomic mass is 10.0. The van der Waals surface area contributed by atoms with E-state index in [1.165, 1.54) is 0 Å². The average molecular weight is 234 g/mol. The van der Waals surface area contributed by atoms with Crippen LogP contribution in [0, 0.1) is 6.92 Å². The molecule has 0 heterocycles. The Balaban J connectivity index is 2.65. The summed E-state index contributed by atoms with van der Waals surface area (Å²) in [5, 5.41) is 18.3. The van der Waals surface area contributed by atoms with Crippen LogP contribution in [0.1, 0.15) is 23.7 Å². The highest BCUT2D eigenvalue weighted by molar-refractivity contribution is 5.23. The van der Waals surface area contributed by atoms with Crippen molar-refractivity contribution in [2.45, 2.75) is 31.7 Å². The fraction of sp³-hybridized carbons (Fsp3) is 0.455. The molecule has 1 aromatic carbocycles. The molecule has 0 fully saturated rings. The third-order valence-corrected chi connectivity index (χ3v) is 2.29. The average Bonchev–Trinajstić information content (AvgIpc) is 2.17. The second-order valence-electron chi connectivity index (χ2n) is 3.72. The monoisotopic (exact) mass is 234 g/mol. The van der Waals surface area contributed by atoms with Crippen molar-refractivity contribution in [3.63, 3.8) is 0 Å². The van der Waals surface area contributed by atoms with Crippen molar-refractivity contribution < 1.29 is 23.4 Å². The Morgan fingerprint density at radius 2 is 1.62 bits per heavy atom. The molecule has 2 N–H and O–H groups in total. The van der Waals surface area contributed by atoms with Crippen molar-refractivity contribution in [3.8, 4) is 0 Å². The van der Waals surface area contributed by atoms with Crippen molar-refractivity contribution in [1.82, 2.24) is 0 Å². The molecule has 0 saturated carbocycles. The Labute approximate surface area is 91.3 Å². The molecular weight excluding hydrogens is 221 g/mol. The van der Waals surface area contributed by atoms with E-state index < -0.39 is 24.8 Å². The van der Waals surface area contributed by atoms with Crippen LogP contribution in [0.3, 0.4) is 0 Å². The van der Waals surface area contributed by atoms with Crippen LogP contribution in [-0.2, 0) is 0 Å². The minimum atomic E-state index is -4.69. The molecule has 90 valence electrons. The van der Waals surface area contributed by atoms with Gasteiger partial charge in [0, 0.05) is 6.42 Å². The summed E-state index contributed by atoms with van der Waals surface area (Å²) in [5.74, 6) is 0. The summed E-state index contributed by atoms with van der Waals surface area (Å²) in [5.41, 5.74) is 1.32. The van der Waals surface area contributed by atoms with E-state index in [1.54, 1.807) is 24.3 Å². The van der Waals surface area contributed by atoms with Crippen molar-refractivity contribution in [3.05, 3.63) is 35.4 Å². The summed E-state index contributed by atoms with van der Waals surface area (Å²) in [6.07, 6.45) is -9.24. The molecule has 0 radical (unpaired) electrons. The van der Waals surface area contributed by atoms with Crippen LogP contribution in [0.25, 0.3) is 0 Å². The minimum Gasteiger partial charge on any atom is -0.388 e. The highest BCUT2D eigenvalue weighted by Gasteiger charge is 2.39. The third-order valence-electron chi connectivity index (χ3n) is 2.29. The number of hydrogen-bond donors (Lipinski definition) is 2. The molecule has 0 bridgehead atoms. The largest absolute Gasteiger partial charge is 0.414 e. The van der Waals surface area contributed by atoms with Gasteiger partial charge in [-0.3, -0.25) is 0 Å². The van der Waals surface area contributed by atoms with Gasteiger partial charge in [-0.2, -0.15) is 13.2 Å². The molecule has 0 saturated heterocycles. The summed E-state index contributed by atoms with van der Waals surface area (Å²) in [6, 6.07) is 6.48. The molecule has 5 heteroatoms. The van der Waals surface area contributed by atoms with Gasteiger partial charge in [0.2, 0.25) is 0 Å². The van der Waals surface area contributed by atoms with Crippen LogP contribution in [-0.4, -0.2) is 22.5 Å². The Kier molecular flexibility index (Phi) is 3.93. The van der Waals surface area contributed by atoms with E-state index in [9.17, 15) is 18.3 Å². The molecule has 0 aliphatic carbocycles. The van der Waals surface area contributed by atoms with Crippen molar-refractivity contribution in [1.29, 1.82) is 0 Å². The zero-order chi connectivity index (χ0) is 12.3. The minimum absolute atomic E-state index is 0.369. The van der Waals surface area contributed by atoms with Crippen LogP contribution in [0.4, 0.5) is 13.2 Å². The van der Waals surface area contributed by atoms with Crippen molar-refractivity contribution in [2.24, 2.45) is 0 Å². The molecule has 0 aliphatic rings. The van der Waals surface area contributed by atoms with Crippen LogP contribution in [0.15, 0.2) is 24.3 Å². The quantitative estimate of drug-likeness (QED) is 0.842. The molecule has 2 unspecified atom stereocenters. The molecule has 1 rings (SSSR count). The molecule has 2 nitrogen and oxygen atoms in total. The normalized spacial score (nSPS) is 15.9. The van der Waals surface area contributed by atoms with E-state index in [4.69, 9.17) is 5.11 Å². The Bertz CT molecular complexity index is 332. The number of benzene rings is 1. The Hall–Kier alpha value is -1.07. The second-order valence-corrected chi connectivity index (χ2v) is 3.72. The zero-order valence-corrected chi connectivity index (χ0v) is 8.70. The number of alkyl halides is 3. The third kappa shape index (κ3) is 3.50. The summed E-state index contributed by atoms with van der Waals surface area (Å²) >= 11 is 0. The fourth-order valence-corrected chi connectivity index (χ4v) is 1.27. The lowest BCUT2D eigenvalue weighted by Gasteiger charge is -2.18. The van der Waals surface area contributed by atoms with Crippen molar-refractivity contribution in [2.75, 3.05) is 0 Å². The van der Waals surface area contributed by atoms with Gasteiger partial charge in [0.05, 0.1) is 6.10 Å². The number of aliphatic hydroxyl groups excluding tert-OH is 2. The predicted molar refractivity (Wildman–Crippen MR) is 52.8 cm³/mol. The van der Waals surface area contributed by atoms with Gasteiger partial charge < -0.3 is 10.2 Å². The van der Waals surface area contributed by atoms with Gasteiger partial charge in [-0.15, -0.1) is 0 Å². The van der Waals surface area contributed by atoms with E-state index in [1.807, 2.05) is 6.92 Å². The smallest absolute Gasteiger partial charge is 0.388 e. The molecule has 2 atom stereocenters. The fourth-order valence-electron chi connectivity index (χ4n) is 1.27. The van der Waals surface area contributed by atoms with Crippen LogP contribution in [0.5, 0.6) is 0 Å². The van der Waals surface area contributed by atoms with E-state index >= 15 is 0 Å². The van der Waals surface area contributed by atoms with E-state index in [-0.39, 0.29) is 0 Å². The molecule has 0 spiro atoms. The number of aryl methyl sites for hydroxylation is 1. The highest BCUT2D eigenvalue weighted by Crippen LogP contribution is 2.28. The topological polar surface area (TPSA) is 40.5 Å². The summed E-state index contributed by atoms with van der Waals surface area (Å²) in [4.78, 5) is 0. The maximum Gasteiger partial charge on any atom is 0.414 e. The zero-order valence-electron chi connectivity index (χ0n) is 8.70. The van der Waals surface area contributed by atoms with Gasteiger partial charge >= 0.3 is 6.18 Å². The molecule has 0 aliphatic heterocycles. The Morgan fingerprint density at radius 3 is 2.06 bits per heavy atom. The molecule has 16 heavy (non-hydrogen) atoms. The lowest BCUT2D eigenvalue weighted by Crippen LogP contribution is -2.30. The highest BCUT2D eigenvalue weighted by atomic mass is 19.4. The van der Waals surface area contributed by atoms with Gasteiger partial charge in [-0.1, -0.05) is 29.8 Å². The predicted octanol–water partition coefficient (Wildman–Crippen LogP) is 2.34.